The summed E-state index contributed by atoms with van der Waals surface area (Å²) >= 11 is 0. The first-order chi connectivity index (χ1) is 10.8. The molecule has 106 valence electrons. The minimum atomic E-state index is -2.05. The zero-order valence-electron chi connectivity index (χ0n) is 12.7. The quantitative estimate of drug-likeness (QED) is 0.502. The Kier molecular flexibility index (Phi) is 4.23. The van der Waals surface area contributed by atoms with E-state index in [0.29, 0.717) is 0 Å². The molecule has 22 heavy (non-hydrogen) atoms. The van der Waals surface area contributed by atoms with Gasteiger partial charge < -0.3 is 0 Å². The van der Waals surface area contributed by atoms with Crippen LogP contribution >= 0.6 is 0 Å². The van der Waals surface area contributed by atoms with Crippen LogP contribution in [0, 0.1) is 11.5 Å². The van der Waals surface area contributed by atoms with Crippen LogP contribution in [0.5, 0.6) is 0 Å². The van der Waals surface area contributed by atoms with Gasteiger partial charge in [-0.1, -0.05) is 91.3 Å². The summed E-state index contributed by atoms with van der Waals surface area (Å²) in [6.45, 7) is 2.33. The Balaban J connectivity index is 2.11. The molecule has 0 aliphatic carbocycles. The Morgan fingerprint density at radius 3 is 1.45 bits per heavy atom. The molecule has 0 aliphatic rings. The van der Waals surface area contributed by atoms with E-state index in [1.807, 2.05) is 18.2 Å². The van der Waals surface area contributed by atoms with Crippen LogP contribution in [0.15, 0.2) is 91.0 Å². The second kappa shape index (κ2) is 6.47. The summed E-state index contributed by atoms with van der Waals surface area (Å²) in [5.41, 5.74) is 4.71. The lowest BCUT2D eigenvalue weighted by Crippen LogP contribution is -2.54. The average molecular weight is 298 g/mol. The minimum Gasteiger partial charge on any atom is -0.115 e. The molecule has 0 radical (unpaired) electrons. The van der Waals surface area contributed by atoms with Gasteiger partial charge in [-0.05, 0) is 22.5 Å². The first-order valence-corrected chi connectivity index (χ1v) is 9.98. The van der Waals surface area contributed by atoms with Gasteiger partial charge in [-0.2, -0.15) is 0 Å². The third-order valence-corrected chi connectivity index (χ3v) is 7.53. The third-order valence-electron chi connectivity index (χ3n) is 3.93. The maximum absolute atomic E-state index is 3.63. The lowest BCUT2D eigenvalue weighted by molar-refractivity contribution is 1.65. The van der Waals surface area contributed by atoms with Crippen molar-refractivity contribution in [3.8, 4) is 11.5 Å². The van der Waals surface area contributed by atoms with E-state index in [-0.39, 0.29) is 0 Å². The van der Waals surface area contributed by atoms with Crippen molar-refractivity contribution in [3.05, 3.63) is 96.6 Å². The predicted octanol–water partition coefficient (Wildman–Crippen LogP) is 3.47. The summed E-state index contributed by atoms with van der Waals surface area (Å²) < 4.78 is 0. The standard InChI is InChI=1S/C21H18Si/c1-22(20-13-7-3-8-14-20,21-15-9-4-10-16-21)18-17-19-11-5-2-6-12-19/h2-16H,1H3. The summed E-state index contributed by atoms with van der Waals surface area (Å²) in [4.78, 5) is 0. The van der Waals surface area contributed by atoms with Gasteiger partial charge in [-0.25, -0.2) is 0 Å². The van der Waals surface area contributed by atoms with E-state index in [0.717, 1.165) is 5.56 Å². The second-order valence-electron chi connectivity index (χ2n) is 5.47. The molecule has 1 heteroatoms. The van der Waals surface area contributed by atoms with Crippen LogP contribution in [0.4, 0.5) is 0 Å². The molecular formula is C21H18Si. The average Bonchev–Trinajstić information content (AvgIpc) is 2.62. The topological polar surface area (TPSA) is 0 Å². The van der Waals surface area contributed by atoms with E-state index >= 15 is 0 Å². The van der Waals surface area contributed by atoms with E-state index in [2.05, 4.69) is 90.8 Å². The Labute approximate surface area is 133 Å². The zero-order valence-corrected chi connectivity index (χ0v) is 13.7. The van der Waals surface area contributed by atoms with Gasteiger partial charge >= 0.3 is 0 Å². The van der Waals surface area contributed by atoms with Crippen molar-refractivity contribution in [1.29, 1.82) is 0 Å². The number of rotatable bonds is 2. The molecule has 3 aromatic carbocycles. The summed E-state index contributed by atoms with van der Waals surface area (Å²) in [5.74, 6) is 3.39. The monoisotopic (exact) mass is 298 g/mol. The maximum atomic E-state index is 3.63. The fourth-order valence-corrected chi connectivity index (χ4v) is 5.31. The molecule has 3 rings (SSSR count). The lowest BCUT2D eigenvalue weighted by atomic mass is 10.2. The fraction of sp³-hybridized carbons (Fsp3) is 0.0476. The lowest BCUT2D eigenvalue weighted by Gasteiger charge is -2.22. The van der Waals surface area contributed by atoms with Gasteiger partial charge in [-0.3, -0.25) is 0 Å². The van der Waals surface area contributed by atoms with E-state index in [1.54, 1.807) is 0 Å². The predicted molar refractivity (Wildman–Crippen MR) is 97.1 cm³/mol. The van der Waals surface area contributed by atoms with Crippen molar-refractivity contribution in [2.75, 3.05) is 0 Å². The highest BCUT2D eigenvalue weighted by atomic mass is 28.3. The molecule has 0 aliphatic heterocycles. The molecule has 0 bridgehead atoms. The van der Waals surface area contributed by atoms with Gasteiger partial charge in [-0.15, -0.1) is 5.54 Å². The number of hydrogen-bond acceptors (Lipinski definition) is 0. The maximum Gasteiger partial charge on any atom is 0.196 e. The zero-order chi connectivity index (χ0) is 15.3. The van der Waals surface area contributed by atoms with Crippen LogP contribution in [0.1, 0.15) is 5.56 Å². The molecule has 3 aromatic rings. The van der Waals surface area contributed by atoms with Crippen molar-refractivity contribution in [2.24, 2.45) is 0 Å². The van der Waals surface area contributed by atoms with E-state index in [9.17, 15) is 0 Å². The van der Waals surface area contributed by atoms with Gasteiger partial charge in [0.1, 0.15) is 0 Å². The van der Waals surface area contributed by atoms with Crippen molar-refractivity contribution >= 4 is 18.4 Å². The summed E-state index contributed by atoms with van der Waals surface area (Å²) in [6.07, 6.45) is 0. The molecule has 0 N–H and O–H groups in total. The van der Waals surface area contributed by atoms with Crippen molar-refractivity contribution in [1.82, 2.24) is 0 Å². The Morgan fingerprint density at radius 2 is 1.00 bits per heavy atom. The van der Waals surface area contributed by atoms with Gasteiger partial charge in [0.2, 0.25) is 0 Å². The van der Waals surface area contributed by atoms with Crippen molar-refractivity contribution < 1.29 is 0 Å². The summed E-state index contributed by atoms with van der Waals surface area (Å²) in [6, 6.07) is 31.6. The summed E-state index contributed by atoms with van der Waals surface area (Å²) in [7, 11) is -2.05. The van der Waals surface area contributed by atoms with Crippen molar-refractivity contribution in [3.63, 3.8) is 0 Å². The molecule has 0 spiro atoms. The van der Waals surface area contributed by atoms with E-state index < -0.39 is 8.07 Å². The first-order valence-electron chi connectivity index (χ1n) is 7.48. The third kappa shape index (κ3) is 3.03. The molecule has 0 nitrogen and oxygen atoms in total. The van der Waals surface area contributed by atoms with E-state index in [4.69, 9.17) is 0 Å². The molecular weight excluding hydrogens is 280 g/mol. The molecule has 0 saturated carbocycles. The van der Waals surface area contributed by atoms with Crippen LogP contribution in [0.3, 0.4) is 0 Å². The summed E-state index contributed by atoms with van der Waals surface area (Å²) in [5, 5.41) is 2.70. The molecule has 0 saturated heterocycles. The van der Waals surface area contributed by atoms with Gasteiger partial charge in [0.05, 0.1) is 0 Å². The normalized spacial score (nSPS) is 10.6. The van der Waals surface area contributed by atoms with Gasteiger partial charge in [0, 0.05) is 5.56 Å². The largest absolute Gasteiger partial charge is 0.196 e. The Bertz CT molecular complexity index is 741. The van der Waals surface area contributed by atoms with Gasteiger partial charge in [0.25, 0.3) is 0 Å². The minimum absolute atomic E-state index is 1.08. The SMILES string of the molecule is C[Si](C#Cc1ccccc1)(c1ccccc1)c1ccccc1. The number of hydrogen-bond donors (Lipinski definition) is 0. The van der Waals surface area contributed by atoms with Crippen LogP contribution in [0.25, 0.3) is 0 Å². The molecule has 0 atom stereocenters. The van der Waals surface area contributed by atoms with Crippen LogP contribution in [-0.4, -0.2) is 8.07 Å². The highest BCUT2D eigenvalue weighted by Gasteiger charge is 2.29. The van der Waals surface area contributed by atoms with E-state index in [1.165, 1.54) is 10.4 Å². The Morgan fingerprint density at radius 1 is 0.591 bits per heavy atom. The Hall–Kier alpha value is -2.56. The molecule has 0 heterocycles. The molecule has 0 amide bonds. The molecule has 0 aromatic heterocycles. The second-order valence-corrected chi connectivity index (χ2v) is 9.13. The van der Waals surface area contributed by atoms with Crippen LogP contribution in [-0.2, 0) is 0 Å². The number of benzene rings is 3. The fourth-order valence-electron chi connectivity index (χ4n) is 2.57. The van der Waals surface area contributed by atoms with Crippen LogP contribution in [0.2, 0.25) is 6.55 Å². The highest BCUT2D eigenvalue weighted by molar-refractivity contribution is 7.07. The molecule has 0 unspecified atom stereocenters. The highest BCUT2D eigenvalue weighted by Crippen LogP contribution is 2.05. The van der Waals surface area contributed by atoms with Crippen molar-refractivity contribution in [2.45, 2.75) is 6.55 Å². The van der Waals surface area contributed by atoms with Crippen LogP contribution < -0.4 is 10.4 Å². The smallest absolute Gasteiger partial charge is 0.115 e. The first kappa shape index (κ1) is 14.4. The van der Waals surface area contributed by atoms with Gasteiger partial charge in [0.15, 0.2) is 8.07 Å². The molecule has 0 fully saturated rings.